The molecule has 0 unspecified atom stereocenters. The van der Waals surface area contributed by atoms with Crippen molar-refractivity contribution in [3.63, 3.8) is 0 Å². The molecule has 0 aliphatic rings. The smallest absolute Gasteiger partial charge is 0.134 e. The Bertz CT molecular complexity index is 236. The molecule has 2 N–H and O–H groups in total. The zero-order valence-corrected chi connectivity index (χ0v) is 6.85. The maximum atomic E-state index is 7.18. The summed E-state index contributed by atoms with van der Waals surface area (Å²) in [6, 6.07) is 2.94. The second kappa shape index (κ2) is 3.56. The van der Waals surface area contributed by atoms with Gasteiger partial charge in [-0.3, -0.25) is 5.41 Å². The number of rotatable bonds is 3. The number of unbranched alkanes of at least 4 members (excludes halogenated alkanes) is 1. The first-order valence-electron chi connectivity index (χ1n) is 3.47. The van der Waals surface area contributed by atoms with Crippen LogP contribution in [0.25, 0.3) is 0 Å². The fourth-order valence-electron chi connectivity index (χ4n) is 0.768. The summed E-state index contributed by atoms with van der Waals surface area (Å²) >= 11 is 1.34. The number of aryl methyl sites for hydroxylation is 1. The molecule has 1 aromatic heterocycles. The number of hydrogen-bond acceptors (Lipinski definition) is 2. The molecule has 10 heavy (non-hydrogen) atoms. The topological polar surface area (TPSA) is 39.6 Å². The van der Waals surface area contributed by atoms with Crippen LogP contribution in [0.2, 0.25) is 0 Å². The highest BCUT2D eigenvalue weighted by Crippen LogP contribution is 1.99. The highest BCUT2D eigenvalue weighted by atomic mass is 32.1. The maximum absolute atomic E-state index is 7.18. The normalized spacial score (nSPS) is 10.1. The molecular weight excluding hydrogens is 144 g/mol. The van der Waals surface area contributed by atoms with Gasteiger partial charge < -0.3 is 4.37 Å². The van der Waals surface area contributed by atoms with E-state index < -0.39 is 0 Å². The third-order valence-electron chi connectivity index (χ3n) is 1.32. The first-order chi connectivity index (χ1) is 4.83. The van der Waals surface area contributed by atoms with Crippen molar-refractivity contribution in [3.8, 4) is 0 Å². The van der Waals surface area contributed by atoms with Crippen LogP contribution in [-0.2, 0) is 6.42 Å². The summed E-state index contributed by atoms with van der Waals surface area (Å²) in [6.07, 6.45) is 3.42. The van der Waals surface area contributed by atoms with Crippen molar-refractivity contribution in [2.24, 2.45) is 0 Å². The SMILES string of the molecule is CCCCc1[c]c(=N)s[nH]1. The van der Waals surface area contributed by atoms with Crippen molar-refractivity contribution in [1.82, 2.24) is 4.37 Å². The van der Waals surface area contributed by atoms with Crippen LogP contribution in [-0.4, -0.2) is 4.37 Å². The van der Waals surface area contributed by atoms with Crippen molar-refractivity contribution in [2.45, 2.75) is 26.2 Å². The first-order valence-corrected chi connectivity index (χ1v) is 4.29. The van der Waals surface area contributed by atoms with Crippen LogP contribution in [0.1, 0.15) is 25.5 Å². The van der Waals surface area contributed by atoms with Crippen molar-refractivity contribution in [1.29, 1.82) is 5.41 Å². The van der Waals surface area contributed by atoms with E-state index >= 15 is 0 Å². The van der Waals surface area contributed by atoms with Crippen molar-refractivity contribution in [3.05, 3.63) is 16.4 Å². The molecule has 1 rings (SSSR count). The van der Waals surface area contributed by atoms with Gasteiger partial charge in [0.1, 0.15) is 4.67 Å². The van der Waals surface area contributed by atoms with Crippen LogP contribution in [0.4, 0.5) is 0 Å². The van der Waals surface area contributed by atoms with Gasteiger partial charge in [-0.2, -0.15) is 0 Å². The summed E-state index contributed by atoms with van der Waals surface area (Å²) < 4.78 is 3.54. The van der Waals surface area contributed by atoms with Crippen LogP contribution >= 0.6 is 11.5 Å². The van der Waals surface area contributed by atoms with Crippen LogP contribution in [0.15, 0.2) is 0 Å². The van der Waals surface area contributed by atoms with Gasteiger partial charge in [0, 0.05) is 11.8 Å². The lowest BCUT2D eigenvalue weighted by Gasteiger charge is -1.90. The zero-order valence-electron chi connectivity index (χ0n) is 6.03. The predicted molar refractivity (Wildman–Crippen MR) is 42.0 cm³/mol. The minimum absolute atomic E-state index is 0.506. The Labute approximate surface area is 64.6 Å². The van der Waals surface area contributed by atoms with Crippen molar-refractivity contribution >= 4 is 11.5 Å². The molecule has 2 nitrogen and oxygen atoms in total. The second-order valence-corrected chi connectivity index (χ2v) is 3.06. The van der Waals surface area contributed by atoms with Crippen LogP contribution < -0.4 is 4.67 Å². The lowest BCUT2D eigenvalue weighted by Crippen LogP contribution is -1.87. The molecule has 55 valence electrons. The number of H-pyrrole nitrogens is 1. The summed E-state index contributed by atoms with van der Waals surface area (Å²) in [7, 11) is 0. The summed E-state index contributed by atoms with van der Waals surface area (Å²) in [5, 5.41) is 7.18. The average Bonchev–Trinajstić information content (AvgIpc) is 2.31. The number of aromatic nitrogens is 1. The van der Waals surface area contributed by atoms with Gasteiger partial charge in [-0.25, -0.2) is 0 Å². The third-order valence-corrected chi connectivity index (χ3v) is 1.98. The van der Waals surface area contributed by atoms with Gasteiger partial charge in [0.2, 0.25) is 0 Å². The molecule has 0 amide bonds. The van der Waals surface area contributed by atoms with E-state index in [-0.39, 0.29) is 0 Å². The van der Waals surface area contributed by atoms with E-state index in [0.29, 0.717) is 4.67 Å². The Morgan fingerprint density at radius 2 is 2.50 bits per heavy atom. The molecule has 0 saturated carbocycles. The molecule has 0 saturated heterocycles. The minimum atomic E-state index is 0.506. The van der Waals surface area contributed by atoms with E-state index in [0.717, 1.165) is 12.1 Å². The molecule has 0 aliphatic heterocycles. The van der Waals surface area contributed by atoms with Gasteiger partial charge in [0.05, 0.1) is 0 Å². The second-order valence-electron chi connectivity index (χ2n) is 2.24. The fraction of sp³-hybridized carbons (Fsp3) is 0.571. The highest BCUT2D eigenvalue weighted by molar-refractivity contribution is 7.02. The lowest BCUT2D eigenvalue weighted by molar-refractivity contribution is 0.783. The summed E-state index contributed by atoms with van der Waals surface area (Å²) in [4.78, 5) is 0. The van der Waals surface area contributed by atoms with E-state index in [1.165, 1.54) is 24.4 Å². The molecule has 0 fully saturated rings. The number of hydrogen-bond donors (Lipinski definition) is 2. The Kier molecular flexibility index (Phi) is 2.68. The van der Waals surface area contributed by atoms with Gasteiger partial charge in [-0.1, -0.05) is 13.3 Å². The van der Waals surface area contributed by atoms with Gasteiger partial charge >= 0.3 is 0 Å². The van der Waals surface area contributed by atoms with Crippen molar-refractivity contribution in [2.75, 3.05) is 0 Å². The maximum Gasteiger partial charge on any atom is 0.134 e. The molecule has 0 atom stereocenters. The number of nitrogens with one attached hydrogen (secondary N) is 2. The van der Waals surface area contributed by atoms with E-state index in [1.807, 2.05) is 0 Å². The minimum Gasteiger partial charge on any atom is -0.313 e. The average molecular weight is 155 g/mol. The predicted octanol–water partition coefficient (Wildman–Crippen LogP) is 1.70. The Balaban J connectivity index is 2.50. The van der Waals surface area contributed by atoms with E-state index in [4.69, 9.17) is 5.41 Å². The third kappa shape index (κ3) is 1.99. The Hall–Kier alpha value is -0.570. The fourth-order valence-corrected chi connectivity index (χ4v) is 1.32. The summed E-state index contributed by atoms with van der Waals surface area (Å²) in [5.41, 5.74) is 1.08. The van der Waals surface area contributed by atoms with Gasteiger partial charge in [-0.05, 0) is 24.4 Å². The molecule has 0 spiro atoms. The molecule has 1 radical (unpaired) electrons. The van der Waals surface area contributed by atoms with Gasteiger partial charge in [0.25, 0.3) is 0 Å². The van der Waals surface area contributed by atoms with E-state index in [2.05, 4.69) is 17.4 Å². The first kappa shape index (κ1) is 7.54. The van der Waals surface area contributed by atoms with Crippen LogP contribution in [0.3, 0.4) is 0 Å². The molecule has 1 aromatic rings. The standard InChI is InChI=1S/C7H11N2S/c1-2-3-4-6-5-7(8)10-9-6/h8-9H,2-4H2,1H3. The van der Waals surface area contributed by atoms with Crippen LogP contribution in [0.5, 0.6) is 0 Å². The van der Waals surface area contributed by atoms with Crippen molar-refractivity contribution < 1.29 is 0 Å². The van der Waals surface area contributed by atoms with E-state index in [9.17, 15) is 0 Å². The number of aromatic amines is 1. The highest BCUT2D eigenvalue weighted by Gasteiger charge is 1.93. The molecule has 0 bridgehead atoms. The zero-order chi connectivity index (χ0) is 7.40. The largest absolute Gasteiger partial charge is 0.313 e. The molecular formula is C7H11N2S. The lowest BCUT2D eigenvalue weighted by atomic mass is 10.2. The Morgan fingerprint density at radius 1 is 1.70 bits per heavy atom. The monoisotopic (exact) mass is 155 g/mol. The summed E-state index contributed by atoms with van der Waals surface area (Å²) in [5.74, 6) is 0. The quantitative estimate of drug-likeness (QED) is 0.667. The van der Waals surface area contributed by atoms with E-state index in [1.54, 1.807) is 0 Å². The van der Waals surface area contributed by atoms with Gasteiger partial charge in [-0.15, -0.1) is 0 Å². The van der Waals surface area contributed by atoms with Crippen LogP contribution in [0, 0.1) is 11.5 Å². The molecule has 0 aromatic carbocycles. The molecule has 0 aliphatic carbocycles. The molecule has 3 heteroatoms. The summed E-state index contributed by atoms with van der Waals surface area (Å²) in [6.45, 7) is 2.16. The molecule has 1 heterocycles. The Morgan fingerprint density at radius 3 is 3.00 bits per heavy atom. The van der Waals surface area contributed by atoms with Gasteiger partial charge in [0.15, 0.2) is 0 Å².